The maximum Gasteiger partial charge on any atom is 0.214 e. The Kier molecular flexibility index (Phi) is 7.69. The molecule has 2 atom stereocenters. The zero-order chi connectivity index (χ0) is 13.4. The summed E-state index contributed by atoms with van der Waals surface area (Å²) < 4.78 is 0. The van der Waals surface area contributed by atoms with Crippen LogP contribution < -0.4 is 11.1 Å². The van der Waals surface area contributed by atoms with Crippen molar-refractivity contribution in [1.29, 1.82) is 5.41 Å². The number of aliphatic imine (C=N–C) groups is 1. The molecule has 1 unspecified atom stereocenters. The van der Waals surface area contributed by atoms with Crippen molar-refractivity contribution in [2.45, 2.75) is 19.0 Å². The van der Waals surface area contributed by atoms with Gasteiger partial charge in [0.1, 0.15) is 0 Å². The lowest BCUT2D eigenvalue weighted by Gasteiger charge is -2.32. The Labute approximate surface area is 104 Å². The molecule has 6 heteroatoms. The number of hydrogen-bond donors (Lipinski definition) is 3. The SMILES string of the molecule is C=NC(=N)NC(CN)[C@H](C)N(C)CCN(C)C. The highest BCUT2D eigenvalue weighted by Gasteiger charge is 2.20. The third kappa shape index (κ3) is 6.35. The van der Waals surface area contributed by atoms with Gasteiger partial charge in [0, 0.05) is 25.7 Å². The van der Waals surface area contributed by atoms with E-state index in [4.69, 9.17) is 11.1 Å². The van der Waals surface area contributed by atoms with Crippen molar-refractivity contribution >= 4 is 12.7 Å². The minimum absolute atomic E-state index is 0.0140. The molecule has 0 saturated heterocycles. The van der Waals surface area contributed by atoms with Crippen LogP contribution in [0.5, 0.6) is 0 Å². The van der Waals surface area contributed by atoms with Crippen LogP contribution in [-0.2, 0) is 0 Å². The molecule has 0 heterocycles. The lowest BCUT2D eigenvalue weighted by Crippen LogP contribution is -2.53. The Morgan fingerprint density at radius 3 is 2.41 bits per heavy atom. The molecule has 0 amide bonds. The maximum atomic E-state index is 7.45. The molecule has 0 aliphatic rings. The van der Waals surface area contributed by atoms with Gasteiger partial charge in [-0.05, 0) is 34.8 Å². The van der Waals surface area contributed by atoms with E-state index in [9.17, 15) is 0 Å². The number of hydrogen-bond acceptors (Lipinski definition) is 4. The Hall–Kier alpha value is -0.980. The van der Waals surface area contributed by atoms with Crippen LogP contribution in [0.15, 0.2) is 4.99 Å². The normalized spacial score (nSPS) is 14.8. The summed E-state index contributed by atoms with van der Waals surface area (Å²) in [5, 5.41) is 10.4. The highest BCUT2D eigenvalue weighted by Crippen LogP contribution is 2.01. The van der Waals surface area contributed by atoms with Gasteiger partial charge in [0.2, 0.25) is 5.96 Å². The third-order valence-electron chi connectivity index (χ3n) is 2.91. The second kappa shape index (κ2) is 8.16. The molecule has 0 aliphatic carbocycles. The fourth-order valence-corrected chi connectivity index (χ4v) is 1.47. The van der Waals surface area contributed by atoms with Gasteiger partial charge in [0.05, 0.1) is 6.04 Å². The first-order chi connectivity index (χ1) is 7.92. The largest absolute Gasteiger partial charge is 0.349 e. The van der Waals surface area contributed by atoms with Crippen LogP contribution in [0.1, 0.15) is 6.92 Å². The molecule has 0 fully saturated rings. The molecular weight excluding hydrogens is 216 g/mol. The smallest absolute Gasteiger partial charge is 0.214 e. The third-order valence-corrected chi connectivity index (χ3v) is 2.91. The second-order valence-electron chi connectivity index (χ2n) is 4.52. The van der Waals surface area contributed by atoms with Crippen LogP contribution in [0.25, 0.3) is 0 Å². The quantitative estimate of drug-likeness (QED) is 0.412. The number of guanidine groups is 1. The number of nitrogens with two attached hydrogens (primary N) is 1. The molecule has 0 bridgehead atoms. The number of rotatable bonds is 7. The van der Waals surface area contributed by atoms with Crippen LogP contribution in [0, 0.1) is 5.41 Å². The van der Waals surface area contributed by atoms with E-state index in [-0.39, 0.29) is 18.0 Å². The van der Waals surface area contributed by atoms with Crippen molar-refractivity contribution in [1.82, 2.24) is 15.1 Å². The van der Waals surface area contributed by atoms with Gasteiger partial charge in [0.15, 0.2) is 0 Å². The molecule has 6 nitrogen and oxygen atoms in total. The Morgan fingerprint density at radius 1 is 1.41 bits per heavy atom. The Morgan fingerprint density at radius 2 is 2.00 bits per heavy atom. The van der Waals surface area contributed by atoms with Crippen LogP contribution >= 0.6 is 0 Å². The van der Waals surface area contributed by atoms with Crippen molar-refractivity contribution in [2.75, 3.05) is 40.8 Å². The summed E-state index contributed by atoms with van der Waals surface area (Å²) in [6.45, 7) is 7.83. The summed E-state index contributed by atoms with van der Waals surface area (Å²) in [4.78, 5) is 7.90. The zero-order valence-electron chi connectivity index (χ0n) is 11.4. The first kappa shape index (κ1) is 16.0. The number of nitrogens with one attached hydrogen (secondary N) is 2. The lowest BCUT2D eigenvalue weighted by molar-refractivity contribution is 0.199. The van der Waals surface area contributed by atoms with Crippen LogP contribution in [-0.4, -0.2) is 75.3 Å². The Balaban J connectivity index is 4.26. The van der Waals surface area contributed by atoms with Crippen molar-refractivity contribution < 1.29 is 0 Å². The minimum atomic E-state index is 0.0140. The van der Waals surface area contributed by atoms with Gasteiger partial charge in [0.25, 0.3) is 0 Å². The summed E-state index contributed by atoms with van der Waals surface area (Å²) in [6, 6.07) is 0.252. The molecule has 4 N–H and O–H groups in total. The number of likely N-dealkylation sites (N-methyl/N-ethyl adjacent to an activating group) is 2. The molecular formula is C11H26N6. The van der Waals surface area contributed by atoms with Gasteiger partial charge in [-0.25, -0.2) is 4.99 Å². The minimum Gasteiger partial charge on any atom is -0.349 e. The van der Waals surface area contributed by atoms with E-state index in [0.717, 1.165) is 13.1 Å². The van der Waals surface area contributed by atoms with Gasteiger partial charge in [-0.15, -0.1) is 0 Å². The molecule has 0 rings (SSSR count). The fourth-order valence-electron chi connectivity index (χ4n) is 1.47. The topological polar surface area (TPSA) is 80.7 Å². The molecule has 0 aromatic rings. The molecule has 17 heavy (non-hydrogen) atoms. The highest BCUT2D eigenvalue weighted by molar-refractivity contribution is 5.81. The summed E-state index contributed by atoms with van der Waals surface area (Å²) in [5.41, 5.74) is 5.71. The average Bonchev–Trinajstić information content (AvgIpc) is 2.31. The molecule has 100 valence electrons. The predicted molar refractivity (Wildman–Crippen MR) is 73.9 cm³/mol. The van der Waals surface area contributed by atoms with Crippen molar-refractivity contribution in [3.8, 4) is 0 Å². The molecule has 0 saturated carbocycles. The van der Waals surface area contributed by atoms with Crippen molar-refractivity contribution in [3.05, 3.63) is 0 Å². The number of nitrogens with zero attached hydrogens (tertiary/aromatic N) is 3. The molecule has 0 aliphatic heterocycles. The molecule has 0 aromatic heterocycles. The summed E-state index contributed by atoms with van der Waals surface area (Å²) >= 11 is 0. The summed E-state index contributed by atoms with van der Waals surface area (Å²) in [7, 11) is 6.16. The maximum absolute atomic E-state index is 7.45. The van der Waals surface area contributed by atoms with E-state index in [1.54, 1.807) is 0 Å². The van der Waals surface area contributed by atoms with E-state index >= 15 is 0 Å². The van der Waals surface area contributed by atoms with E-state index in [1.165, 1.54) is 0 Å². The van der Waals surface area contributed by atoms with Crippen molar-refractivity contribution in [2.24, 2.45) is 10.7 Å². The summed E-state index contributed by atoms with van der Waals surface area (Å²) in [6.07, 6.45) is 0. The second-order valence-corrected chi connectivity index (χ2v) is 4.52. The van der Waals surface area contributed by atoms with Gasteiger partial charge >= 0.3 is 0 Å². The van der Waals surface area contributed by atoms with Crippen LogP contribution in [0.2, 0.25) is 0 Å². The van der Waals surface area contributed by atoms with Crippen molar-refractivity contribution in [3.63, 3.8) is 0 Å². The first-order valence-electron chi connectivity index (χ1n) is 5.79. The molecule has 0 radical (unpaired) electrons. The van der Waals surface area contributed by atoms with Crippen LogP contribution in [0.4, 0.5) is 0 Å². The summed E-state index contributed by atoms with van der Waals surface area (Å²) in [5.74, 6) is 0.0771. The Bertz CT molecular complexity index is 240. The van der Waals surface area contributed by atoms with Gasteiger partial charge in [-0.1, -0.05) is 0 Å². The van der Waals surface area contributed by atoms with Gasteiger partial charge in [-0.2, -0.15) is 0 Å². The molecule has 0 aromatic carbocycles. The average molecular weight is 242 g/mol. The van der Waals surface area contributed by atoms with Gasteiger partial charge in [-0.3, -0.25) is 5.41 Å². The molecule has 0 spiro atoms. The predicted octanol–water partition coefficient (Wildman–Crippen LogP) is -0.579. The van der Waals surface area contributed by atoms with E-state index in [1.807, 2.05) is 0 Å². The fraction of sp³-hybridized carbons (Fsp3) is 0.818. The first-order valence-corrected chi connectivity index (χ1v) is 5.79. The monoisotopic (exact) mass is 242 g/mol. The van der Waals surface area contributed by atoms with Gasteiger partial charge < -0.3 is 20.9 Å². The highest BCUT2D eigenvalue weighted by atomic mass is 15.2. The van der Waals surface area contributed by atoms with E-state index < -0.39 is 0 Å². The zero-order valence-corrected chi connectivity index (χ0v) is 11.4. The van der Waals surface area contributed by atoms with E-state index in [2.05, 4.69) is 54.9 Å². The standard InChI is InChI=1S/C11H26N6/c1-9(17(5)7-6-16(3)4)10(8-12)15-11(13)14-2/h9-10H,2,6-8,12H2,1,3-5H3,(H2,13,15)/t9-,10?/m0/s1. The lowest BCUT2D eigenvalue weighted by atomic mass is 10.1. The van der Waals surface area contributed by atoms with Crippen LogP contribution in [0.3, 0.4) is 0 Å². The van der Waals surface area contributed by atoms with E-state index in [0.29, 0.717) is 6.54 Å².